The molecule has 16 heavy (non-hydrogen) atoms. The third kappa shape index (κ3) is 2.14. The maximum absolute atomic E-state index is 13.6. The van der Waals surface area contributed by atoms with Gasteiger partial charge in [0.1, 0.15) is 5.82 Å². The largest absolute Gasteiger partial charge is 0.395 e. The quantitative estimate of drug-likeness (QED) is 0.896. The molecule has 0 spiro atoms. The molecule has 0 amide bonds. The number of benzene rings is 1. The van der Waals surface area contributed by atoms with Gasteiger partial charge >= 0.3 is 0 Å². The zero-order chi connectivity index (χ0) is 11.7. The van der Waals surface area contributed by atoms with Crippen LogP contribution in [0.15, 0.2) is 16.6 Å². The van der Waals surface area contributed by atoms with Crippen LogP contribution >= 0.6 is 15.9 Å². The lowest BCUT2D eigenvalue weighted by Crippen LogP contribution is -2.32. The number of halogens is 2. The van der Waals surface area contributed by atoms with E-state index in [9.17, 15) is 4.39 Å². The first-order chi connectivity index (χ1) is 7.63. The first-order valence-electron chi connectivity index (χ1n) is 5.47. The van der Waals surface area contributed by atoms with Crippen LogP contribution in [-0.4, -0.2) is 17.8 Å². The maximum atomic E-state index is 13.6. The van der Waals surface area contributed by atoms with Gasteiger partial charge in [-0.15, -0.1) is 0 Å². The molecule has 2 N–H and O–H groups in total. The Morgan fingerprint density at radius 2 is 2.38 bits per heavy atom. The molecule has 2 atom stereocenters. The predicted molar refractivity (Wildman–Crippen MR) is 64.8 cm³/mol. The summed E-state index contributed by atoms with van der Waals surface area (Å²) in [6, 6.07) is 3.42. The van der Waals surface area contributed by atoms with Gasteiger partial charge in [-0.1, -0.05) is 15.9 Å². The van der Waals surface area contributed by atoms with Crippen LogP contribution in [-0.2, 0) is 6.42 Å². The highest BCUT2D eigenvalue weighted by molar-refractivity contribution is 9.10. The van der Waals surface area contributed by atoms with E-state index in [-0.39, 0.29) is 24.5 Å². The Labute approximate surface area is 103 Å². The lowest BCUT2D eigenvalue weighted by atomic mass is 10.1. The van der Waals surface area contributed by atoms with E-state index >= 15 is 0 Å². The molecule has 0 aromatic heterocycles. The van der Waals surface area contributed by atoms with E-state index < -0.39 is 0 Å². The van der Waals surface area contributed by atoms with Crippen molar-refractivity contribution in [1.29, 1.82) is 0 Å². The molecule has 0 saturated heterocycles. The minimum Gasteiger partial charge on any atom is -0.395 e. The van der Waals surface area contributed by atoms with Crippen molar-refractivity contribution in [3.63, 3.8) is 0 Å². The Balaban J connectivity index is 2.28. The number of hydrogen-bond acceptors (Lipinski definition) is 2. The second-order valence-electron chi connectivity index (χ2n) is 4.26. The summed E-state index contributed by atoms with van der Waals surface area (Å²) in [6.45, 7) is 2.02. The Hall–Kier alpha value is -0.450. The number of rotatable bonds is 3. The van der Waals surface area contributed by atoms with E-state index in [1.165, 1.54) is 6.07 Å². The normalized spacial score (nSPS) is 20.9. The van der Waals surface area contributed by atoms with E-state index in [1.54, 1.807) is 6.07 Å². The summed E-state index contributed by atoms with van der Waals surface area (Å²) >= 11 is 3.46. The fourth-order valence-corrected chi connectivity index (χ4v) is 2.88. The van der Waals surface area contributed by atoms with Crippen LogP contribution in [0.1, 0.15) is 30.5 Å². The van der Waals surface area contributed by atoms with Crippen molar-refractivity contribution >= 4 is 15.9 Å². The second kappa shape index (κ2) is 4.82. The average Bonchev–Trinajstić information content (AvgIpc) is 2.68. The van der Waals surface area contributed by atoms with Crippen LogP contribution < -0.4 is 5.32 Å². The molecule has 0 saturated carbocycles. The van der Waals surface area contributed by atoms with Gasteiger partial charge in [0, 0.05) is 16.6 Å². The molecule has 2 rings (SSSR count). The first kappa shape index (κ1) is 12.0. The molecule has 0 bridgehead atoms. The molecule has 0 fully saturated rings. The van der Waals surface area contributed by atoms with Crippen LogP contribution in [0.3, 0.4) is 0 Å². The van der Waals surface area contributed by atoms with Crippen LogP contribution in [0.4, 0.5) is 4.39 Å². The fraction of sp³-hybridized carbons (Fsp3) is 0.500. The molecular weight excluding hydrogens is 273 g/mol. The summed E-state index contributed by atoms with van der Waals surface area (Å²) in [5.74, 6) is -0.126. The van der Waals surface area contributed by atoms with Crippen molar-refractivity contribution < 1.29 is 9.50 Å². The van der Waals surface area contributed by atoms with Crippen LogP contribution in [0.25, 0.3) is 0 Å². The van der Waals surface area contributed by atoms with Gasteiger partial charge in [-0.05, 0) is 43.0 Å². The van der Waals surface area contributed by atoms with Crippen molar-refractivity contribution in [1.82, 2.24) is 5.32 Å². The van der Waals surface area contributed by atoms with Gasteiger partial charge in [0.25, 0.3) is 0 Å². The molecule has 0 heterocycles. The molecule has 0 aliphatic heterocycles. The molecule has 1 unspecified atom stereocenters. The first-order valence-corrected chi connectivity index (χ1v) is 6.26. The zero-order valence-corrected chi connectivity index (χ0v) is 10.7. The van der Waals surface area contributed by atoms with Gasteiger partial charge in [-0.3, -0.25) is 0 Å². The Morgan fingerprint density at radius 1 is 1.62 bits per heavy atom. The maximum Gasteiger partial charge on any atom is 0.126 e. The Morgan fingerprint density at radius 3 is 3.06 bits per heavy atom. The third-order valence-electron chi connectivity index (χ3n) is 3.04. The summed E-state index contributed by atoms with van der Waals surface area (Å²) < 4.78 is 14.5. The minimum absolute atomic E-state index is 0.0334. The number of aliphatic hydroxyl groups excluding tert-OH is 1. The Bertz CT molecular complexity index is 397. The van der Waals surface area contributed by atoms with Crippen LogP contribution in [0, 0.1) is 5.82 Å². The zero-order valence-electron chi connectivity index (χ0n) is 9.13. The second-order valence-corrected chi connectivity index (χ2v) is 5.12. The summed E-state index contributed by atoms with van der Waals surface area (Å²) in [7, 11) is 0. The van der Waals surface area contributed by atoms with E-state index in [1.807, 2.05) is 6.92 Å². The molecule has 1 aliphatic carbocycles. The van der Waals surface area contributed by atoms with Crippen molar-refractivity contribution in [2.45, 2.75) is 31.8 Å². The number of nitrogens with one attached hydrogen (secondary N) is 1. The molecule has 1 aromatic carbocycles. The highest BCUT2D eigenvalue weighted by Gasteiger charge is 2.27. The van der Waals surface area contributed by atoms with Crippen molar-refractivity contribution in [3.05, 3.63) is 33.5 Å². The minimum atomic E-state index is -0.126. The molecule has 0 radical (unpaired) electrons. The molecule has 4 heteroatoms. The number of aliphatic hydroxyl groups is 1. The third-order valence-corrected chi connectivity index (χ3v) is 3.73. The van der Waals surface area contributed by atoms with E-state index in [0.29, 0.717) is 0 Å². The molecule has 1 aliphatic rings. The predicted octanol–water partition coefficient (Wildman–Crippen LogP) is 2.55. The van der Waals surface area contributed by atoms with Crippen molar-refractivity contribution in [2.24, 2.45) is 0 Å². The van der Waals surface area contributed by atoms with E-state index in [2.05, 4.69) is 21.2 Å². The van der Waals surface area contributed by atoms with Gasteiger partial charge in [0.2, 0.25) is 0 Å². The molecular formula is C12H15BrFNO. The highest BCUT2D eigenvalue weighted by Crippen LogP contribution is 2.38. The summed E-state index contributed by atoms with van der Waals surface area (Å²) in [4.78, 5) is 0. The standard InChI is InChI=1S/C12H15BrFNO/c1-7(6-16)15-11-5-2-8-10(14)4-3-9(13)12(8)11/h3-4,7,11,15-16H,2,5-6H2,1H3/t7-,11?/m1/s1. The van der Waals surface area contributed by atoms with Crippen molar-refractivity contribution in [2.75, 3.05) is 6.61 Å². The monoisotopic (exact) mass is 287 g/mol. The van der Waals surface area contributed by atoms with Gasteiger partial charge in [0.05, 0.1) is 6.61 Å². The van der Waals surface area contributed by atoms with Gasteiger partial charge in [-0.25, -0.2) is 4.39 Å². The van der Waals surface area contributed by atoms with E-state index in [0.717, 1.165) is 28.4 Å². The smallest absolute Gasteiger partial charge is 0.126 e. The summed E-state index contributed by atoms with van der Waals surface area (Å²) in [6.07, 6.45) is 1.65. The molecule has 2 nitrogen and oxygen atoms in total. The van der Waals surface area contributed by atoms with Gasteiger partial charge < -0.3 is 10.4 Å². The fourth-order valence-electron chi connectivity index (χ4n) is 2.24. The summed E-state index contributed by atoms with van der Waals surface area (Å²) in [5.41, 5.74) is 1.82. The lowest BCUT2D eigenvalue weighted by Gasteiger charge is -2.19. The van der Waals surface area contributed by atoms with Crippen LogP contribution in [0.2, 0.25) is 0 Å². The van der Waals surface area contributed by atoms with Gasteiger partial charge in [0.15, 0.2) is 0 Å². The number of hydrogen-bond donors (Lipinski definition) is 2. The van der Waals surface area contributed by atoms with Crippen molar-refractivity contribution in [3.8, 4) is 0 Å². The molecule has 88 valence electrons. The molecule has 1 aromatic rings. The SMILES string of the molecule is C[C@H](CO)NC1CCc2c(F)ccc(Br)c21. The summed E-state index contributed by atoms with van der Waals surface area (Å²) in [5, 5.41) is 12.3. The van der Waals surface area contributed by atoms with E-state index in [4.69, 9.17) is 5.11 Å². The Kier molecular flexibility index (Phi) is 3.62. The highest BCUT2D eigenvalue weighted by atomic mass is 79.9. The average molecular weight is 288 g/mol. The number of fused-ring (bicyclic) bond motifs is 1. The topological polar surface area (TPSA) is 32.3 Å². The van der Waals surface area contributed by atoms with Crippen LogP contribution in [0.5, 0.6) is 0 Å². The van der Waals surface area contributed by atoms with Gasteiger partial charge in [-0.2, -0.15) is 0 Å². The lowest BCUT2D eigenvalue weighted by molar-refractivity contribution is 0.240.